The van der Waals surface area contributed by atoms with E-state index in [1.54, 1.807) is 0 Å². The molecule has 0 aromatic carbocycles. The molecule has 0 saturated carbocycles. The Kier molecular flexibility index (Phi) is 3.46. The average Bonchev–Trinajstić information content (AvgIpc) is 1.97. The summed E-state index contributed by atoms with van der Waals surface area (Å²) in [6.45, 7) is 8.65. The molecule has 1 heterocycles. The molecule has 0 unspecified atom stereocenters. The van der Waals surface area contributed by atoms with Gasteiger partial charge in [0.25, 0.3) is 0 Å². The molecule has 0 aromatic heterocycles. The van der Waals surface area contributed by atoms with E-state index in [4.69, 9.17) is 15.7 Å². The van der Waals surface area contributed by atoms with Crippen LogP contribution in [0.15, 0.2) is 0 Å². The number of carbonyl (C=O) groups excluding carboxylic acids is 1. The van der Waals surface area contributed by atoms with Crippen LogP contribution in [0.2, 0.25) is 26.2 Å². The molecule has 6 heteroatoms. The highest BCUT2D eigenvalue weighted by Crippen LogP contribution is 2.22. The Balaban J connectivity index is 2.76. The lowest BCUT2D eigenvalue weighted by Crippen LogP contribution is -2.64. The average molecular weight is 252 g/mol. The Morgan fingerprint density at radius 3 is 2.07 bits per heavy atom. The van der Waals surface area contributed by atoms with Crippen LogP contribution in [0.25, 0.3) is 0 Å². The maximum absolute atomic E-state index is 11.5. The van der Waals surface area contributed by atoms with E-state index in [9.17, 15) is 4.79 Å². The van der Waals surface area contributed by atoms with E-state index >= 15 is 0 Å². The standard InChI is InChI=1S/C8H18ClNO2Si2/c1-13(2)6-10(8(11)5-9)7-14(3,4)12-13/h5-7H2,1-4H3. The van der Waals surface area contributed by atoms with E-state index in [0.29, 0.717) is 0 Å². The lowest BCUT2D eigenvalue weighted by Gasteiger charge is -2.45. The van der Waals surface area contributed by atoms with Gasteiger partial charge in [-0.1, -0.05) is 0 Å². The number of rotatable bonds is 1. The molecular weight excluding hydrogens is 234 g/mol. The summed E-state index contributed by atoms with van der Waals surface area (Å²) in [7, 11) is -3.32. The summed E-state index contributed by atoms with van der Waals surface area (Å²) in [6, 6.07) is 0. The molecule has 1 saturated heterocycles. The van der Waals surface area contributed by atoms with E-state index in [1.807, 2.05) is 4.90 Å². The van der Waals surface area contributed by atoms with E-state index in [-0.39, 0.29) is 11.8 Å². The fraction of sp³-hybridized carbons (Fsp3) is 0.875. The van der Waals surface area contributed by atoms with Crippen LogP contribution >= 0.6 is 11.6 Å². The Labute approximate surface area is 92.6 Å². The van der Waals surface area contributed by atoms with Crippen molar-refractivity contribution < 1.29 is 8.91 Å². The van der Waals surface area contributed by atoms with Gasteiger partial charge in [0, 0.05) is 12.3 Å². The van der Waals surface area contributed by atoms with Crippen LogP contribution in [0.5, 0.6) is 0 Å². The van der Waals surface area contributed by atoms with E-state index in [0.717, 1.165) is 12.3 Å². The van der Waals surface area contributed by atoms with Crippen LogP contribution in [-0.4, -0.2) is 45.7 Å². The Morgan fingerprint density at radius 2 is 1.71 bits per heavy atom. The molecule has 1 aliphatic rings. The predicted molar refractivity (Wildman–Crippen MR) is 63.3 cm³/mol. The minimum atomic E-state index is -1.66. The van der Waals surface area contributed by atoms with Gasteiger partial charge in [-0.25, -0.2) is 0 Å². The fourth-order valence-corrected chi connectivity index (χ4v) is 11.4. The molecule has 0 aliphatic carbocycles. The smallest absolute Gasteiger partial charge is 0.237 e. The molecule has 0 N–H and O–H groups in total. The van der Waals surface area contributed by atoms with Gasteiger partial charge in [-0.3, -0.25) is 4.79 Å². The molecular formula is C8H18ClNO2Si2. The van der Waals surface area contributed by atoms with E-state index in [2.05, 4.69) is 26.2 Å². The summed E-state index contributed by atoms with van der Waals surface area (Å²) < 4.78 is 6.13. The molecule has 0 atom stereocenters. The molecule has 3 nitrogen and oxygen atoms in total. The number of halogens is 1. The molecule has 0 spiro atoms. The van der Waals surface area contributed by atoms with E-state index in [1.165, 1.54) is 0 Å². The van der Waals surface area contributed by atoms with Crippen LogP contribution in [-0.2, 0) is 8.91 Å². The van der Waals surface area contributed by atoms with E-state index < -0.39 is 16.6 Å². The summed E-state index contributed by atoms with van der Waals surface area (Å²) in [4.78, 5) is 13.4. The number of alkyl halides is 1. The van der Waals surface area contributed by atoms with Gasteiger partial charge < -0.3 is 9.02 Å². The van der Waals surface area contributed by atoms with Gasteiger partial charge in [0.2, 0.25) is 5.91 Å². The van der Waals surface area contributed by atoms with Crippen LogP contribution in [0.3, 0.4) is 0 Å². The van der Waals surface area contributed by atoms with Crippen LogP contribution in [0.4, 0.5) is 0 Å². The summed E-state index contributed by atoms with van der Waals surface area (Å²) in [5.41, 5.74) is 0. The van der Waals surface area contributed by atoms with Crippen molar-refractivity contribution in [3.05, 3.63) is 0 Å². The zero-order chi connectivity index (χ0) is 11.0. The number of hydrogen-bond donors (Lipinski definition) is 0. The van der Waals surface area contributed by atoms with Crippen molar-refractivity contribution in [3.8, 4) is 0 Å². The van der Waals surface area contributed by atoms with Gasteiger partial charge in [-0.2, -0.15) is 0 Å². The highest BCUT2D eigenvalue weighted by molar-refractivity contribution is 6.86. The third kappa shape index (κ3) is 3.08. The van der Waals surface area contributed by atoms with Crippen molar-refractivity contribution in [3.63, 3.8) is 0 Å². The quantitative estimate of drug-likeness (QED) is 0.523. The molecule has 0 aromatic rings. The molecule has 82 valence electrons. The predicted octanol–water partition coefficient (Wildman–Crippen LogP) is 1.57. The van der Waals surface area contributed by atoms with Crippen molar-refractivity contribution in [1.29, 1.82) is 0 Å². The maximum Gasteiger partial charge on any atom is 0.237 e. The Bertz CT molecular complexity index is 229. The second-order valence-electron chi connectivity index (χ2n) is 5.00. The Morgan fingerprint density at radius 1 is 1.29 bits per heavy atom. The minimum Gasteiger partial charge on any atom is -0.453 e. The molecule has 0 radical (unpaired) electrons. The second kappa shape index (κ2) is 3.96. The van der Waals surface area contributed by atoms with Crippen molar-refractivity contribution in [2.45, 2.75) is 26.2 Å². The number of nitrogens with zero attached hydrogens (tertiary/aromatic N) is 1. The lowest BCUT2D eigenvalue weighted by atomic mass is 10.6. The third-order valence-corrected chi connectivity index (χ3v) is 9.10. The Hall–Kier alpha value is 0.154. The molecule has 14 heavy (non-hydrogen) atoms. The van der Waals surface area contributed by atoms with Gasteiger partial charge in [-0.15, -0.1) is 11.6 Å². The monoisotopic (exact) mass is 251 g/mol. The summed E-state index contributed by atoms with van der Waals surface area (Å²) in [6.07, 6.45) is 1.57. The summed E-state index contributed by atoms with van der Waals surface area (Å²) in [5.74, 6) is 0.144. The lowest BCUT2D eigenvalue weighted by molar-refractivity contribution is -0.127. The number of carbonyl (C=O) groups is 1. The number of hydrogen-bond acceptors (Lipinski definition) is 2. The highest BCUT2D eigenvalue weighted by atomic mass is 35.5. The third-order valence-electron chi connectivity index (χ3n) is 2.16. The van der Waals surface area contributed by atoms with Crippen molar-refractivity contribution >= 4 is 34.1 Å². The summed E-state index contributed by atoms with van der Waals surface area (Å²) >= 11 is 5.57. The molecule has 1 rings (SSSR count). The van der Waals surface area contributed by atoms with Crippen LogP contribution in [0, 0.1) is 0 Å². The first kappa shape index (κ1) is 12.2. The van der Waals surface area contributed by atoms with Gasteiger partial charge in [0.1, 0.15) is 5.88 Å². The van der Waals surface area contributed by atoms with Gasteiger partial charge in [-0.05, 0) is 26.2 Å². The summed E-state index contributed by atoms with van der Waals surface area (Å²) in [5, 5.41) is 0. The first-order valence-corrected chi connectivity index (χ1v) is 11.6. The maximum atomic E-state index is 11.5. The van der Waals surface area contributed by atoms with Crippen molar-refractivity contribution in [1.82, 2.24) is 4.90 Å². The molecule has 1 amide bonds. The topological polar surface area (TPSA) is 29.5 Å². The fourth-order valence-electron chi connectivity index (χ4n) is 2.05. The van der Waals surface area contributed by atoms with Gasteiger partial charge in [0.05, 0.1) is 0 Å². The zero-order valence-electron chi connectivity index (χ0n) is 9.26. The van der Waals surface area contributed by atoms with Crippen LogP contribution < -0.4 is 0 Å². The zero-order valence-corrected chi connectivity index (χ0v) is 12.0. The van der Waals surface area contributed by atoms with Crippen molar-refractivity contribution in [2.24, 2.45) is 0 Å². The van der Waals surface area contributed by atoms with Crippen molar-refractivity contribution in [2.75, 3.05) is 18.2 Å². The number of amides is 1. The largest absolute Gasteiger partial charge is 0.453 e. The molecule has 1 aliphatic heterocycles. The van der Waals surface area contributed by atoms with Gasteiger partial charge in [0.15, 0.2) is 16.6 Å². The SMILES string of the molecule is C[Si]1(C)CN(C(=O)CCl)C[Si](C)(C)O1. The molecule has 1 fully saturated rings. The normalized spacial score (nSPS) is 24.8. The first-order valence-electron chi connectivity index (χ1n) is 4.80. The van der Waals surface area contributed by atoms with Gasteiger partial charge >= 0.3 is 0 Å². The second-order valence-corrected chi connectivity index (χ2v) is 13.8. The van der Waals surface area contributed by atoms with Crippen LogP contribution in [0.1, 0.15) is 0 Å². The highest BCUT2D eigenvalue weighted by Gasteiger charge is 2.42. The molecule has 0 bridgehead atoms. The first-order chi connectivity index (χ1) is 6.26. The minimum absolute atomic E-state index is 0.0520.